The third-order valence-corrected chi connectivity index (χ3v) is 12.9. The minimum atomic E-state index is -0.561. The first-order valence-electron chi connectivity index (χ1n) is 25.7. The van der Waals surface area contributed by atoms with E-state index in [1.165, 1.54) is 82.8 Å². The zero-order valence-corrected chi connectivity index (χ0v) is 48.1. The Morgan fingerprint density at radius 1 is 0.486 bits per heavy atom. The first-order valence-corrected chi connectivity index (χ1v) is 29.1. The molecule has 392 valence electrons. The predicted molar refractivity (Wildman–Crippen MR) is 314 cm³/mol. The molecule has 0 aliphatic heterocycles. The summed E-state index contributed by atoms with van der Waals surface area (Å²) in [6, 6.07) is 22.1. The largest absolute Gasteiger partial charge is 0.429 e. The van der Waals surface area contributed by atoms with Gasteiger partial charge < -0.3 is 29.3 Å². The van der Waals surface area contributed by atoms with Gasteiger partial charge in [-0.15, -0.1) is 45.3 Å². The van der Waals surface area contributed by atoms with Crippen molar-refractivity contribution in [2.45, 2.75) is 141 Å². The Bertz CT molecular complexity index is 2410. The number of hydrogen-bond acceptors (Lipinski definition) is 9. The summed E-state index contributed by atoms with van der Waals surface area (Å²) in [6.45, 7) is 24.5. The Hall–Kier alpha value is -5.87. The van der Waals surface area contributed by atoms with Crippen molar-refractivity contribution in [2.24, 2.45) is 0 Å². The number of aromatic nitrogens is 9. The van der Waals surface area contributed by atoms with Gasteiger partial charge in [0.25, 0.3) is 6.01 Å². The summed E-state index contributed by atoms with van der Waals surface area (Å²) in [7, 11) is 0. The minimum absolute atomic E-state index is 0.521. The van der Waals surface area contributed by atoms with E-state index in [0.717, 1.165) is 39.2 Å². The molecular weight excluding hydrogens is 974 g/mol. The van der Waals surface area contributed by atoms with Gasteiger partial charge in [0.15, 0.2) is 5.76 Å². The van der Waals surface area contributed by atoms with Crippen LogP contribution in [-0.4, -0.2) is 44.9 Å². The molecule has 0 radical (unpaired) electrons. The molecule has 0 spiro atoms. The fourth-order valence-corrected chi connectivity index (χ4v) is 9.02. The number of thiazole rings is 4. The minimum Gasteiger partial charge on any atom is -0.429 e. The van der Waals surface area contributed by atoms with Gasteiger partial charge in [-0.1, -0.05) is 115 Å². The summed E-state index contributed by atoms with van der Waals surface area (Å²) < 4.78 is 17.1. The highest BCUT2D eigenvalue weighted by Gasteiger charge is 2.06. The Balaban J connectivity index is 0.000000435. The molecular formula is C57H82FN9OS4. The molecule has 10 aromatic rings. The lowest BCUT2D eigenvalue weighted by Gasteiger charge is -1.95. The van der Waals surface area contributed by atoms with Gasteiger partial charge in [0.2, 0.25) is 0 Å². The van der Waals surface area contributed by atoms with E-state index in [4.69, 9.17) is 4.42 Å². The Labute approximate surface area is 446 Å². The number of nitrogens with zero attached hydrogens (tertiary/aromatic N) is 4. The molecule has 0 atom stereocenters. The van der Waals surface area contributed by atoms with Crippen molar-refractivity contribution < 1.29 is 8.81 Å². The smallest absolute Gasteiger partial charge is 0.278 e. The Kier molecular flexibility index (Phi) is 38.1. The number of aryl methyl sites for hydroxylation is 2. The van der Waals surface area contributed by atoms with Crippen LogP contribution in [0.5, 0.6) is 0 Å². The zero-order chi connectivity index (χ0) is 53.0. The van der Waals surface area contributed by atoms with Crippen molar-refractivity contribution in [2.75, 3.05) is 0 Å². The van der Waals surface area contributed by atoms with Crippen molar-refractivity contribution in [3.63, 3.8) is 0 Å². The van der Waals surface area contributed by atoms with Crippen LogP contribution in [0.1, 0.15) is 138 Å². The lowest BCUT2D eigenvalue weighted by molar-refractivity contribution is 0.366. The number of hydrogen-bond donors (Lipinski definition) is 5. The number of furan rings is 1. The van der Waals surface area contributed by atoms with Gasteiger partial charge in [-0.05, 0) is 92.4 Å². The molecule has 10 nitrogen and oxygen atoms in total. The van der Waals surface area contributed by atoms with E-state index in [9.17, 15) is 4.39 Å². The van der Waals surface area contributed by atoms with E-state index >= 15 is 0 Å². The maximum absolute atomic E-state index is 12.3. The summed E-state index contributed by atoms with van der Waals surface area (Å²) in [5.41, 5.74) is 7.15. The van der Waals surface area contributed by atoms with Crippen LogP contribution in [0, 0.1) is 6.01 Å². The van der Waals surface area contributed by atoms with Gasteiger partial charge in [-0.2, -0.15) is 4.39 Å². The fraction of sp³-hybridized carbons (Fsp3) is 0.368. The molecule has 0 unspecified atom stereocenters. The molecule has 0 saturated heterocycles. The monoisotopic (exact) mass is 1060 g/mol. The Morgan fingerprint density at radius 3 is 1.50 bits per heavy atom. The Morgan fingerprint density at radius 2 is 1.01 bits per heavy atom. The highest BCUT2D eigenvalue weighted by atomic mass is 32.1. The van der Waals surface area contributed by atoms with E-state index in [2.05, 4.69) is 70.8 Å². The molecule has 0 aliphatic carbocycles. The van der Waals surface area contributed by atoms with Crippen LogP contribution >= 0.6 is 45.3 Å². The van der Waals surface area contributed by atoms with Gasteiger partial charge in [-0.25, -0.2) is 15.0 Å². The second-order valence-electron chi connectivity index (χ2n) is 13.7. The van der Waals surface area contributed by atoms with Gasteiger partial charge in [0.05, 0.1) is 48.7 Å². The van der Waals surface area contributed by atoms with Crippen molar-refractivity contribution >= 4 is 45.3 Å². The molecule has 0 amide bonds. The summed E-state index contributed by atoms with van der Waals surface area (Å²) >= 11 is 6.88. The lowest BCUT2D eigenvalue weighted by Crippen LogP contribution is -1.81. The first kappa shape index (κ1) is 64.1. The van der Waals surface area contributed by atoms with Crippen LogP contribution in [-0.2, 0) is 12.8 Å². The summed E-state index contributed by atoms with van der Waals surface area (Å²) in [5.74, 6) is 0.521. The number of aromatic amines is 5. The molecule has 5 N–H and O–H groups in total. The normalized spacial score (nSPS) is 9.40. The van der Waals surface area contributed by atoms with Gasteiger partial charge in [0, 0.05) is 72.1 Å². The molecule has 10 heterocycles. The van der Waals surface area contributed by atoms with Gasteiger partial charge in [-0.3, -0.25) is 4.98 Å². The molecule has 0 aromatic carbocycles. The van der Waals surface area contributed by atoms with Crippen LogP contribution in [0.2, 0.25) is 0 Å². The number of rotatable bonds is 14. The van der Waals surface area contributed by atoms with Crippen LogP contribution in [0.25, 0.3) is 54.0 Å². The second kappa shape index (κ2) is 42.8. The highest BCUT2D eigenvalue weighted by Crippen LogP contribution is 2.27. The average Bonchev–Trinajstić information content (AvgIpc) is 4.26. The van der Waals surface area contributed by atoms with Crippen molar-refractivity contribution in [1.82, 2.24) is 44.9 Å². The number of nitrogens with one attached hydrogen (secondary N) is 5. The third-order valence-electron chi connectivity index (χ3n) is 9.06. The van der Waals surface area contributed by atoms with Crippen molar-refractivity contribution in [3.05, 3.63) is 155 Å². The topological polar surface area (TPSA) is 144 Å². The average molecular weight is 1060 g/mol. The highest BCUT2D eigenvalue weighted by molar-refractivity contribution is 7.15. The van der Waals surface area contributed by atoms with Crippen molar-refractivity contribution in [1.29, 1.82) is 0 Å². The SMILES string of the molecule is CC.CC.CC.CC.CC.CCCCCCc1cnc(-c2ccc[nH]2)s1.CCCCCc1ncc(-c2ccc[nH]2)s1.Fc1ccc(-c2ccc[nH]2)o1.c1c[nH]c(-c2cncs2)c1.c1c[nH]c(-c2nccs2)c1. The third kappa shape index (κ3) is 25.0. The second-order valence-corrected chi connectivity index (χ2v) is 17.8. The van der Waals surface area contributed by atoms with Gasteiger partial charge >= 0.3 is 0 Å². The number of unbranched alkanes of at least 4 members (excludes halogenated alkanes) is 5. The quantitative estimate of drug-likeness (QED) is 0.0689. The summed E-state index contributed by atoms with van der Waals surface area (Å²) in [4.78, 5) is 36.3. The lowest BCUT2D eigenvalue weighted by atomic mass is 10.1. The maximum atomic E-state index is 12.3. The summed E-state index contributed by atoms with van der Waals surface area (Å²) in [5, 5.41) is 5.38. The molecule has 0 fully saturated rings. The van der Waals surface area contributed by atoms with Crippen LogP contribution in [0.3, 0.4) is 0 Å². The van der Waals surface area contributed by atoms with Gasteiger partial charge in [0.1, 0.15) is 10.0 Å². The maximum Gasteiger partial charge on any atom is 0.278 e. The molecule has 10 rings (SSSR count). The molecule has 15 heteroatoms. The van der Waals surface area contributed by atoms with E-state index in [0.29, 0.717) is 5.76 Å². The number of H-pyrrole nitrogens is 5. The van der Waals surface area contributed by atoms with Crippen LogP contribution < -0.4 is 0 Å². The fourth-order valence-electron chi connectivity index (χ4n) is 5.89. The van der Waals surface area contributed by atoms with Crippen LogP contribution in [0.4, 0.5) is 4.39 Å². The van der Waals surface area contributed by atoms with E-state index in [-0.39, 0.29) is 0 Å². The molecule has 0 aliphatic rings. The molecule has 72 heavy (non-hydrogen) atoms. The molecule has 0 bridgehead atoms. The first-order chi connectivity index (χ1) is 35.6. The molecule has 0 saturated carbocycles. The van der Waals surface area contributed by atoms with E-state index in [1.807, 2.05) is 172 Å². The van der Waals surface area contributed by atoms with E-state index in [1.54, 1.807) is 63.8 Å². The van der Waals surface area contributed by atoms with E-state index < -0.39 is 6.01 Å². The molecule has 10 aromatic heterocycles. The summed E-state index contributed by atoms with van der Waals surface area (Å²) in [6.07, 6.45) is 28.5. The van der Waals surface area contributed by atoms with Crippen molar-refractivity contribution in [3.8, 4) is 54.0 Å². The standard InChI is InChI=1S/C13H18N2S.C12H16N2S.C8H6FNO.2C7H6N2S.5C2H6/c1-2-3-4-5-7-11-10-15-13(16-11)12-8-6-9-14-12;1-2-3-4-7-12-14-9-11(15-12)10-6-5-8-13-10;9-8-4-3-7(11-8)6-2-1-5-10-6;1-2-6(9-3-1)7-4-8-5-10-7;1-2-6(8-3-1)7-9-4-5-10-7;5*1-2/h6,8-10,14H,2-5,7H2,1H3;5-6,8-9,13H,2-4,7H2,1H3;1-5,10H;1-5,9H;1-5,8H;5*1-2H3. The predicted octanol–water partition coefficient (Wildman–Crippen LogP) is 20.0. The number of halogens is 1. The zero-order valence-electron chi connectivity index (χ0n) is 44.9. The van der Waals surface area contributed by atoms with Crippen LogP contribution in [0.15, 0.2) is 144 Å².